The molecule has 4 rings (SSSR count). The predicted octanol–water partition coefficient (Wildman–Crippen LogP) is 3.36. The SMILES string of the molecule is Cc1nc(C2CCCNC2)sc1C(=O)Nc1cnn(-c2ccccc2)c1. The second kappa shape index (κ2) is 7.39. The van der Waals surface area contributed by atoms with Crippen LogP contribution in [0, 0.1) is 6.92 Å². The molecule has 1 unspecified atom stereocenters. The van der Waals surface area contributed by atoms with Crippen molar-refractivity contribution in [3.63, 3.8) is 0 Å². The molecule has 1 aliphatic heterocycles. The van der Waals surface area contributed by atoms with E-state index in [1.54, 1.807) is 10.9 Å². The number of anilines is 1. The van der Waals surface area contributed by atoms with Gasteiger partial charge in [0.15, 0.2) is 0 Å². The molecule has 3 aromatic rings. The lowest BCUT2D eigenvalue weighted by molar-refractivity contribution is 0.103. The number of benzene rings is 1. The van der Waals surface area contributed by atoms with Gasteiger partial charge in [-0.2, -0.15) is 5.10 Å². The molecular formula is C19H21N5OS. The van der Waals surface area contributed by atoms with Crippen molar-refractivity contribution in [2.75, 3.05) is 18.4 Å². The van der Waals surface area contributed by atoms with E-state index in [-0.39, 0.29) is 5.91 Å². The summed E-state index contributed by atoms with van der Waals surface area (Å²) in [5, 5.41) is 11.7. The molecule has 134 valence electrons. The minimum absolute atomic E-state index is 0.123. The minimum Gasteiger partial charge on any atom is -0.319 e. The molecule has 1 aliphatic rings. The van der Waals surface area contributed by atoms with Gasteiger partial charge < -0.3 is 10.6 Å². The van der Waals surface area contributed by atoms with Crippen molar-refractivity contribution in [1.82, 2.24) is 20.1 Å². The average molecular weight is 367 g/mol. The van der Waals surface area contributed by atoms with Gasteiger partial charge in [0.2, 0.25) is 0 Å². The number of carbonyl (C=O) groups is 1. The highest BCUT2D eigenvalue weighted by Crippen LogP contribution is 2.29. The molecule has 1 fully saturated rings. The maximum Gasteiger partial charge on any atom is 0.267 e. The monoisotopic (exact) mass is 367 g/mol. The number of aromatic nitrogens is 3. The molecule has 1 atom stereocenters. The van der Waals surface area contributed by atoms with Crippen LogP contribution >= 0.6 is 11.3 Å². The van der Waals surface area contributed by atoms with Crippen LogP contribution in [0.25, 0.3) is 5.69 Å². The molecule has 1 amide bonds. The first-order chi connectivity index (χ1) is 12.7. The number of amides is 1. The molecule has 1 aromatic carbocycles. The number of nitrogens with one attached hydrogen (secondary N) is 2. The first-order valence-electron chi connectivity index (χ1n) is 8.80. The number of aryl methyl sites for hydroxylation is 1. The largest absolute Gasteiger partial charge is 0.319 e. The number of nitrogens with zero attached hydrogens (tertiary/aromatic N) is 3. The fraction of sp³-hybridized carbons (Fsp3) is 0.316. The molecule has 3 heterocycles. The Morgan fingerprint density at radius 2 is 2.19 bits per heavy atom. The summed E-state index contributed by atoms with van der Waals surface area (Å²) in [6.45, 7) is 3.91. The van der Waals surface area contributed by atoms with Crippen molar-refractivity contribution in [3.8, 4) is 5.69 Å². The zero-order chi connectivity index (χ0) is 17.9. The maximum atomic E-state index is 12.7. The molecule has 6 nitrogen and oxygen atoms in total. The third-order valence-corrected chi connectivity index (χ3v) is 5.85. The van der Waals surface area contributed by atoms with Crippen LogP contribution in [0.15, 0.2) is 42.7 Å². The van der Waals surface area contributed by atoms with Gasteiger partial charge in [0, 0.05) is 12.5 Å². The van der Waals surface area contributed by atoms with Gasteiger partial charge in [-0.05, 0) is 38.4 Å². The zero-order valence-corrected chi connectivity index (χ0v) is 15.4. The van der Waals surface area contributed by atoms with E-state index >= 15 is 0 Å². The molecule has 0 radical (unpaired) electrons. The average Bonchev–Trinajstić information content (AvgIpc) is 3.30. The normalized spacial score (nSPS) is 17.2. The van der Waals surface area contributed by atoms with Gasteiger partial charge in [-0.15, -0.1) is 11.3 Å². The van der Waals surface area contributed by atoms with Crippen LogP contribution < -0.4 is 10.6 Å². The standard InChI is InChI=1S/C19H21N5OS/c1-13-17(26-19(22-13)14-6-5-9-20-10-14)18(25)23-15-11-21-24(12-15)16-7-3-2-4-8-16/h2-4,7-8,11-12,14,20H,5-6,9-10H2,1H3,(H,23,25). The summed E-state index contributed by atoms with van der Waals surface area (Å²) in [6, 6.07) is 9.81. The molecule has 2 N–H and O–H groups in total. The predicted molar refractivity (Wildman–Crippen MR) is 103 cm³/mol. The zero-order valence-electron chi connectivity index (χ0n) is 14.6. The molecule has 7 heteroatoms. The van der Waals surface area contributed by atoms with Crippen LogP contribution in [0.1, 0.15) is 39.1 Å². The van der Waals surface area contributed by atoms with Crippen LogP contribution in [-0.4, -0.2) is 33.8 Å². The van der Waals surface area contributed by atoms with Gasteiger partial charge in [-0.1, -0.05) is 18.2 Å². The fourth-order valence-electron chi connectivity index (χ4n) is 3.16. The molecule has 1 saturated heterocycles. The molecule has 0 aliphatic carbocycles. The van der Waals surface area contributed by atoms with Crippen LogP contribution in [0.2, 0.25) is 0 Å². The first-order valence-corrected chi connectivity index (χ1v) is 9.62. The molecule has 2 aromatic heterocycles. The van der Waals surface area contributed by atoms with E-state index in [1.165, 1.54) is 11.3 Å². The number of rotatable bonds is 4. The van der Waals surface area contributed by atoms with Gasteiger partial charge in [0.1, 0.15) is 4.88 Å². The Morgan fingerprint density at radius 1 is 1.35 bits per heavy atom. The Hall–Kier alpha value is -2.51. The summed E-state index contributed by atoms with van der Waals surface area (Å²) in [5.74, 6) is 0.289. The van der Waals surface area contributed by atoms with E-state index in [0.717, 1.165) is 42.3 Å². The Balaban J connectivity index is 1.48. The van der Waals surface area contributed by atoms with Gasteiger partial charge >= 0.3 is 0 Å². The molecule has 0 bridgehead atoms. The number of thiazole rings is 1. The van der Waals surface area contributed by atoms with Crippen molar-refractivity contribution in [2.45, 2.75) is 25.7 Å². The highest BCUT2D eigenvalue weighted by molar-refractivity contribution is 7.14. The summed E-state index contributed by atoms with van der Waals surface area (Å²) in [5.41, 5.74) is 2.42. The summed E-state index contributed by atoms with van der Waals surface area (Å²) in [7, 11) is 0. The van der Waals surface area contributed by atoms with E-state index in [0.29, 0.717) is 16.5 Å². The van der Waals surface area contributed by atoms with Crippen molar-refractivity contribution in [3.05, 3.63) is 58.3 Å². The Bertz CT molecular complexity index is 896. The smallest absolute Gasteiger partial charge is 0.267 e. The van der Waals surface area contributed by atoms with Crippen LogP contribution in [-0.2, 0) is 0 Å². The van der Waals surface area contributed by atoms with E-state index in [9.17, 15) is 4.79 Å². The Morgan fingerprint density at radius 3 is 2.96 bits per heavy atom. The lowest BCUT2D eigenvalue weighted by Crippen LogP contribution is -2.28. The highest BCUT2D eigenvalue weighted by atomic mass is 32.1. The first kappa shape index (κ1) is 16.9. The van der Waals surface area contributed by atoms with Crippen molar-refractivity contribution < 1.29 is 4.79 Å². The summed E-state index contributed by atoms with van der Waals surface area (Å²) >= 11 is 1.51. The van der Waals surface area contributed by atoms with Crippen LogP contribution in [0.3, 0.4) is 0 Å². The van der Waals surface area contributed by atoms with Crippen molar-refractivity contribution in [1.29, 1.82) is 0 Å². The maximum absolute atomic E-state index is 12.7. The summed E-state index contributed by atoms with van der Waals surface area (Å²) < 4.78 is 1.74. The van der Waals surface area contributed by atoms with Crippen molar-refractivity contribution in [2.24, 2.45) is 0 Å². The summed E-state index contributed by atoms with van der Waals surface area (Å²) in [4.78, 5) is 18.0. The number of piperidine rings is 1. The minimum atomic E-state index is -0.123. The Labute approximate surface area is 156 Å². The van der Waals surface area contributed by atoms with E-state index < -0.39 is 0 Å². The number of carbonyl (C=O) groups excluding carboxylic acids is 1. The van der Waals surface area contributed by atoms with Crippen LogP contribution in [0.4, 0.5) is 5.69 Å². The number of hydrogen-bond donors (Lipinski definition) is 2. The van der Waals surface area contributed by atoms with Gasteiger partial charge in [-0.25, -0.2) is 9.67 Å². The summed E-state index contributed by atoms with van der Waals surface area (Å²) in [6.07, 6.45) is 5.76. The third-order valence-electron chi connectivity index (χ3n) is 4.53. The van der Waals surface area contributed by atoms with E-state index in [2.05, 4.69) is 20.7 Å². The van der Waals surface area contributed by atoms with Gasteiger partial charge in [-0.3, -0.25) is 4.79 Å². The lowest BCUT2D eigenvalue weighted by Gasteiger charge is -2.20. The second-order valence-electron chi connectivity index (χ2n) is 6.47. The van der Waals surface area contributed by atoms with Gasteiger partial charge in [0.05, 0.1) is 34.5 Å². The van der Waals surface area contributed by atoms with Crippen LogP contribution in [0.5, 0.6) is 0 Å². The molecule has 26 heavy (non-hydrogen) atoms. The molecule has 0 saturated carbocycles. The quantitative estimate of drug-likeness (QED) is 0.742. The highest BCUT2D eigenvalue weighted by Gasteiger charge is 2.22. The lowest BCUT2D eigenvalue weighted by atomic mass is 10.0. The molecular weight excluding hydrogens is 346 g/mol. The third kappa shape index (κ3) is 3.54. The topological polar surface area (TPSA) is 71.8 Å². The van der Waals surface area contributed by atoms with Gasteiger partial charge in [0.25, 0.3) is 5.91 Å². The fourth-order valence-corrected chi connectivity index (χ4v) is 4.26. The number of hydrogen-bond acceptors (Lipinski definition) is 5. The van der Waals surface area contributed by atoms with Crippen molar-refractivity contribution >= 4 is 22.9 Å². The van der Waals surface area contributed by atoms with E-state index in [4.69, 9.17) is 0 Å². The second-order valence-corrected chi connectivity index (χ2v) is 7.50. The Kier molecular flexibility index (Phi) is 4.81. The number of para-hydroxylation sites is 1. The molecule has 0 spiro atoms. The van der Waals surface area contributed by atoms with E-state index in [1.807, 2.05) is 43.5 Å².